The van der Waals surface area contributed by atoms with Crippen molar-refractivity contribution < 1.29 is 4.74 Å². The Labute approximate surface area is 110 Å². The Morgan fingerprint density at radius 1 is 1.33 bits per heavy atom. The molecule has 3 heteroatoms. The van der Waals surface area contributed by atoms with Crippen molar-refractivity contribution in [2.45, 2.75) is 40.2 Å². The Kier molecular flexibility index (Phi) is 5.86. The van der Waals surface area contributed by atoms with Gasteiger partial charge in [-0.1, -0.05) is 38.8 Å². The third kappa shape index (κ3) is 4.15. The van der Waals surface area contributed by atoms with Crippen molar-refractivity contribution in [3.63, 3.8) is 0 Å². The van der Waals surface area contributed by atoms with E-state index < -0.39 is 0 Å². The summed E-state index contributed by atoms with van der Waals surface area (Å²) >= 11 is 0. The molecule has 0 aliphatic rings. The predicted molar refractivity (Wildman–Crippen MR) is 75.9 cm³/mol. The molecule has 0 spiro atoms. The number of nitrogen functional groups attached to an aromatic ring is 1. The number of ether oxygens (including phenoxy) is 1. The standard InChI is InChI=1S/C15H24N2O/c1-4-12(5-2)9-18-10-14-7-6-13(15(16)17)8-11(14)3/h6-8,12H,4-5,9-10H2,1-3H3,(H3,16,17). The monoisotopic (exact) mass is 248 g/mol. The molecule has 0 aliphatic carbocycles. The summed E-state index contributed by atoms with van der Waals surface area (Å²) in [6, 6.07) is 5.82. The Hall–Kier alpha value is -1.35. The fourth-order valence-corrected chi connectivity index (χ4v) is 1.89. The van der Waals surface area contributed by atoms with Gasteiger partial charge in [0.1, 0.15) is 5.84 Å². The summed E-state index contributed by atoms with van der Waals surface area (Å²) in [6.45, 7) is 7.89. The second-order valence-electron chi connectivity index (χ2n) is 4.75. The minimum absolute atomic E-state index is 0.114. The molecule has 0 saturated carbocycles. The molecule has 100 valence electrons. The zero-order valence-electron chi connectivity index (χ0n) is 11.6. The first-order chi connectivity index (χ1) is 8.58. The summed E-state index contributed by atoms with van der Waals surface area (Å²) in [5.41, 5.74) is 8.54. The van der Waals surface area contributed by atoms with Crippen LogP contribution in [0.1, 0.15) is 43.4 Å². The average Bonchev–Trinajstić information content (AvgIpc) is 2.36. The highest BCUT2D eigenvalue weighted by atomic mass is 16.5. The second kappa shape index (κ2) is 7.17. The number of nitrogens with one attached hydrogen (secondary N) is 1. The van der Waals surface area contributed by atoms with E-state index in [0.717, 1.165) is 17.7 Å². The molecule has 0 unspecified atom stereocenters. The van der Waals surface area contributed by atoms with Crippen LogP contribution in [-0.2, 0) is 11.3 Å². The molecular weight excluding hydrogens is 224 g/mol. The molecule has 0 heterocycles. The van der Waals surface area contributed by atoms with Crippen molar-refractivity contribution in [3.8, 4) is 0 Å². The molecule has 0 aliphatic heterocycles. The van der Waals surface area contributed by atoms with Crippen molar-refractivity contribution >= 4 is 5.84 Å². The first-order valence-electron chi connectivity index (χ1n) is 6.60. The quantitative estimate of drug-likeness (QED) is 0.575. The Bertz CT molecular complexity index is 397. The van der Waals surface area contributed by atoms with Gasteiger partial charge in [-0.05, 0) is 30.0 Å². The lowest BCUT2D eigenvalue weighted by Gasteiger charge is -2.14. The minimum atomic E-state index is 0.114. The second-order valence-corrected chi connectivity index (χ2v) is 4.75. The van der Waals surface area contributed by atoms with Gasteiger partial charge >= 0.3 is 0 Å². The van der Waals surface area contributed by atoms with Crippen LogP contribution in [0.25, 0.3) is 0 Å². The van der Waals surface area contributed by atoms with Crippen LogP contribution < -0.4 is 5.73 Å². The van der Waals surface area contributed by atoms with E-state index in [4.69, 9.17) is 15.9 Å². The van der Waals surface area contributed by atoms with E-state index in [1.54, 1.807) is 0 Å². The smallest absolute Gasteiger partial charge is 0.122 e. The fraction of sp³-hybridized carbons (Fsp3) is 0.533. The number of nitrogens with two attached hydrogens (primary N) is 1. The van der Waals surface area contributed by atoms with Crippen molar-refractivity contribution in [2.75, 3.05) is 6.61 Å². The molecule has 0 aromatic heterocycles. The highest BCUT2D eigenvalue weighted by Gasteiger charge is 2.05. The average molecular weight is 248 g/mol. The number of hydrogen-bond acceptors (Lipinski definition) is 2. The highest BCUT2D eigenvalue weighted by Crippen LogP contribution is 2.14. The molecule has 0 radical (unpaired) electrons. The van der Waals surface area contributed by atoms with Gasteiger partial charge in [-0.2, -0.15) is 0 Å². The normalized spacial score (nSPS) is 10.9. The van der Waals surface area contributed by atoms with Gasteiger partial charge in [-0.25, -0.2) is 0 Å². The third-order valence-corrected chi connectivity index (χ3v) is 3.42. The van der Waals surface area contributed by atoms with Crippen molar-refractivity contribution in [1.82, 2.24) is 0 Å². The maximum Gasteiger partial charge on any atom is 0.122 e. The van der Waals surface area contributed by atoms with E-state index in [2.05, 4.69) is 13.8 Å². The molecule has 18 heavy (non-hydrogen) atoms. The van der Waals surface area contributed by atoms with Crippen LogP contribution in [0.2, 0.25) is 0 Å². The molecular formula is C15H24N2O. The van der Waals surface area contributed by atoms with Gasteiger partial charge in [-0.15, -0.1) is 0 Å². The van der Waals surface area contributed by atoms with Gasteiger partial charge in [0.25, 0.3) is 0 Å². The lowest BCUT2D eigenvalue weighted by molar-refractivity contribution is 0.0840. The van der Waals surface area contributed by atoms with E-state index >= 15 is 0 Å². The molecule has 1 rings (SSSR count). The van der Waals surface area contributed by atoms with Gasteiger partial charge < -0.3 is 10.5 Å². The van der Waals surface area contributed by atoms with E-state index in [1.807, 2.05) is 25.1 Å². The Balaban J connectivity index is 2.55. The summed E-state index contributed by atoms with van der Waals surface area (Å²) in [4.78, 5) is 0. The molecule has 0 bridgehead atoms. The van der Waals surface area contributed by atoms with Gasteiger partial charge in [0.15, 0.2) is 0 Å². The van der Waals surface area contributed by atoms with Gasteiger partial charge in [0.05, 0.1) is 6.61 Å². The predicted octanol–water partition coefficient (Wildman–Crippen LogP) is 3.23. The van der Waals surface area contributed by atoms with Crippen molar-refractivity contribution in [3.05, 3.63) is 34.9 Å². The SMILES string of the molecule is CCC(CC)COCc1ccc(C(=N)N)cc1C. The number of hydrogen-bond donors (Lipinski definition) is 2. The topological polar surface area (TPSA) is 59.1 Å². The number of benzene rings is 1. The lowest BCUT2D eigenvalue weighted by atomic mass is 10.0. The van der Waals surface area contributed by atoms with Crippen LogP contribution in [0.15, 0.2) is 18.2 Å². The number of rotatable bonds is 7. The van der Waals surface area contributed by atoms with Gasteiger partial charge in [0.2, 0.25) is 0 Å². The third-order valence-electron chi connectivity index (χ3n) is 3.42. The van der Waals surface area contributed by atoms with Gasteiger partial charge in [0, 0.05) is 12.2 Å². The molecule has 3 nitrogen and oxygen atoms in total. The van der Waals surface area contributed by atoms with E-state index in [1.165, 1.54) is 18.4 Å². The largest absolute Gasteiger partial charge is 0.384 e. The molecule has 0 saturated heterocycles. The highest BCUT2D eigenvalue weighted by molar-refractivity contribution is 5.95. The Morgan fingerprint density at radius 2 is 2.00 bits per heavy atom. The molecule has 3 N–H and O–H groups in total. The maximum absolute atomic E-state index is 7.39. The fourth-order valence-electron chi connectivity index (χ4n) is 1.89. The van der Waals surface area contributed by atoms with Crippen molar-refractivity contribution in [2.24, 2.45) is 11.7 Å². The summed E-state index contributed by atoms with van der Waals surface area (Å²) < 4.78 is 5.76. The summed E-state index contributed by atoms with van der Waals surface area (Å²) in [7, 11) is 0. The van der Waals surface area contributed by atoms with Crippen LogP contribution in [0.4, 0.5) is 0 Å². The van der Waals surface area contributed by atoms with Crippen LogP contribution in [0, 0.1) is 18.3 Å². The van der Waals surface area contributed by atoms with Crippen LogP contribution in [0.3, 0.4) is 0 Å². The molecule has 0 fully saturated rings. The first-order valence-corrected chi connectivity index (χ1v) is 6.60. The number of amidine groups is 1. The molecule has 1 aromatic carbocycles. The summed E-state index contributed by atoms with van der Waals surface area (Å²) in [5.74, 6) is 0.768. The van der Waals surface area contributed by atoms with Crippen LogP contribution in [-0.4, -0.2) is 12.4 Å². The number of aryl methyl sites for hydroxylation is 1. The maximum atomic E-state index is 7.39. The van der Waals surface area contributed by atoms with E-state index in [0.29, 0.717) is 12.5 Å². The molecule has 0 amide bonds. The zero-order valence-corrected chi connectivity index (χ0v) is 11.6. The molecule has 0 atom stereocenters. The Morgan fingerprint density at radius 3 is 2.50 bits per heavy atom. The lowest BCUT2D eigenvalue weighted by Crippen LogP contribution is -2.12. The minimum Gasteiger partial charge on any atom is -0.384 e. The van der Waals surface area contributed by atoms with E-state index in [9.17, 15) is 0 Å². The zero-order chi connectivity index (χ0) is 13.5. The molecule has 1 aromatic rings. The summed E-state index contributed by atoms with van der Waals surface area (Å²) in [6.07, 6.45) is 2.33. The van der Waals surface area contributed by atoms with Crippen LogP contribution in [0.5, 0.6) is 0 Å². The van der Waals surface area contributed by atoms with E-state index in [-0.39, 0.29) is 5.84 Å². The van der Waals surface area contributed by atoms with Gasteiger partial charge in [-0.3, -0.25) is 5.41 Å². The van der Waals surface area contributed by atoms with Crippen molar-refractivity contribution in [1.29, 1.82) is 5.41 Å². The summed E-state index contributed by atoms with van der Waals surface area (Å²) in [5, 5.41) is 7.39. The first kappa shape index (κ1) is 14.7. The van der Waals surface area contributed by atoms with Crippen LogP contribution >= 0.6 is 0 Å².